The lowest BCUT2D eigenvalue weighted by atomic mass is 10.1. The van der Waals surface area contributed by atoms with Gasteiger partial charge in [0.05, 0.1) is 25.5 Å². The standard InChI is InChI=1S/C17H17FN2O4/c1-9-4-5-11(12(18)6-9)17(22)20-13-7-10(16(19)21)8-14(23-2)15(13)24-3/h4-8H,1-3H3,(H2,19,21)(H,20,22). The molecule has 0 heterocycles. The van der Waals surface area contributed by atoms with E-state index in [9.17, 15) is 14.0 Å². The van der Waals surface area contributed by atoms with Gasteiger partial charge in [0.25, 0.3) is 5.91 Å². The second-order valence-corrected chi connectivity index (χ2v) is 5.06. The Labute approximate surface area is 138 Å². The van der Waals surface area contributed by atoms with Crippen LogP contribution in [0.1, 0.15) is 26.3 Å². The molecule has 0 aromatic heterocycles. The molecule has 0 spiro atoms. The molecule has 0 bridgehead atoms. The molecule has 0 aliphatic carbocycles. The van der Waals surface area contributed by atoms with E-state index in [1.807, 2.05) is 0 Å². The first-order chi connectivity index (χ1) is 11.4. The minimum Gasteiger partial charge on any atom is -0.493 e. The van der Waals surface area contributed by atoms with Crippen LogP contribution in [-0.4, -0.2) is 26.0 Å². The van der Waals surface area contributed by atoms with E-state index in [1.54, 1.807) is 13.0 Å². The van der Waals surface area contributed by atoms with Crippen molar-refractivity contribution in [1.82, 2.24) is 0 Å². The Morgan fingerprint density at radius 3 is 2.38 bits per heavy atom. The van der Waals surface area contributed by atoms with Crippen molar-refractivity contribution in [1.29, 1.82) is 0 Å². The molecule has 2 amide bonds. The number of anilines is 1. The number of rotatable bonds is 5. The molecule has 0 unspecified atom stereocenters. The van der Waals surface area contributed by atoms with Gasteiger partial charge in [-0.1, -0.05) is 6.07 Å². The zero-order valence-corrected chi connectivity index (χ0v) is 13.5. The second-order valence-electron chi connectivity index (χ2n) is 5.06. The molecule has 0 fully saturated rings. The van der Waals surface area contributed by atoms with Gasteiger partial charge in [-0.2, -0.15) is 0 Å². The molecule has 2 aromatic carbocycles. The molecule has 2 aromatic rings. The van der Waals surface area contributed by atoms with Crippen molar-refractivity contribution in [2.75, 3.05) is 19.5 Å². The Morgan fingerprint density at radius 2 is 1.83 bits per heavy atom. The van der Waals surface area contributed by atoms with Crippen molar-refractivity contribution >= 4 is 17.5 Å². The SMILES string of the molecule is COc1cc(C(N)=O)cc(NC(=O)c2ccc(C)cc2F)c1OC. The maximum absolute atomic E-state index is 13.9. The molecule has 126 valence electrons. The van der Waals surface area contributed by atoms with E-state index < -0.39 is 17.6 Å². The van der Waals surface area contributed by atoms with Gasteiger partial charge in [-0.25, -0.2) is 4.39 Å². The molecule has 0 saturated carbocycles. The molecular formula is C17H17FN2O4. The summed E-state index contributed by atoms with van der Waals surface area (Å²) in [7, 11) is 2.76. The van der Waals surface area contributed by atoms with E-state index in [4.69, 9.17) is 15.2 Å². The molecule has 0 aliphatic rings. The largest absolute Gasteiger partial charge is 0.493 e. The van der Waals surface area contributed by atoms with Gasteiger partial charge in [0.15, 0.2) is 11.5 Å². The molecule has 7 heteroatoms. The predicted octanol–water partition coefficient (Wildman–Crippen LogP) is 2.50. The number of halogens is 1. The number of hydrogen-bond donors (Lipinski definition) is 2. The highest BCUT2D eigenvalue weighted by Crippen LogP contribution is 2.36. The number of ether oxygens (including phenoxy) is 2. The zero-order chi connectivity index (χ0) is 17.9. The highest BCUT2D eigenvalue weighted by atomic mass is 19.1. The summed E-state index contributed by atoms with van der Waals surface area (Å²) < 4.78 is 24.3. The van der Waals surface area contributed by atoms with Crippen LogP contribution < -0.4 is 20.5 Å². The van der Waals surface area contributed by atoms with Crippen LogP contribution >= 0.6 is 0 Å². The molecular weight excluding hydrogens is 315 g/mol. The molecule has 24 heavy (non-hydrogen) atoms. The minimum absolute atomic E-state index is 0.118. The van der Waals surface area contributed by atoms with Gasteiger partial charge in [-0.05, 0) is 36.8 Å². The van der Waals surface area contributed by atoms with Crippen LogP contribution in [0.25, 0.3) is 0 Å². The van der Waals surface area contributed by atoms with E-state index in [0.29, 0.717) is 5.56 Å². The lowest BCUT2D eigenvalue weighted by molar-refractivity contribution is 0.0995. The van der Waals surface area contributed by atoms with E-state index in [1.165, 1.54) is 38.5 Å². The fraction of sp³-hybridized carbons (Fsp3) is 0.176. The Balaban J connectivity index is 2.45. The number of carbonyl (C=O) groups is 2. The fourth-order valence-corrected chi connectivity index (χ4v) is 2.19. The normalized spacial score (nSPS) is 10.2. The number of hydrogen-bond acceptors (Lipinski definition) is 4. The number of benzene rings is 2. The third-order valence-corrected chi connectivity index (χ3v) is 3.38. The van der Waals surface area contributed by atoms with Gasteiger partial charge < -0.3 is 20.5 Å². The molecule has 3 N–H and O–H groups in total. The van der Waals surface area contributed by atoms with Crippen molar-refractivity contribution in [2.45, 2.75) is 6.92 Å². The highest BCUT2D eigenvalue weighted by molar-refractivity contribution is 6.06. The summed E-state index contributed by atoms with van der Waals surface area (Å²) in [5.74, 6) is -1.62. The summed E-state index contributed by atoms with van der Waals surface area (Å²) in [4.78, 5) is 23.8. The van der Waals surface area contributed by atoms with Crippen molar-refractivity contribution in [2.24, 2.45) is 5.73 Å². The van der Waals surface area contributed by atoms with Crippen molar-refractivity contribution in [3.63, 3.8) is 0 Å². The average molecular weight is 332 g/mol. The predicted molar refractivity (Wildman–Crippen MR) is 87.2 cm³/mol. The number of carbonyl (C=O) groups excluding carboxylic acids is 2. The number of nitrogens with two attached hydrogens (primary N) is 1. The molecule has 0 aliphatic heterocycles. The van der Waals surface area contributed by atoms with Crippen molar-refractivity contribution < 1.29 is 23.5 Å². The van der Waals surface area contributed by atoms with Gasteiger partial charge in [0, 0.05) is 5.56 Å². The van der Waals surface area contributed by atoms with E-state index in [2.05, 4.69) is 5.32 Å². The van der Waals surface area contributed by atoms with E-state index in [0.717, 1.165) is 0 Å². The molecule has 6 nitrogen and oxygen atoms in total. The molecule has 0 radical (unpaired) electrons. The van der Waals surface area contributed by atoms with Crippen LogP contribution in [0.3, 0.4) is 0 Å². The number of primary amides is 1. The molecule has 0 saturated heterocycles. The van der Waals surface area contributed by atoms with Gasteiger partial charge in [0.1, 0.15) is 5.82 Å². The van der Waals surface area contributed by atoms with Crippen LogP contribution in [0.2, 0.25) is 0 Å². The zero-order valence-electron chi connectivity index (χ0n) is 13.5. The molecule has 0 atom stereocenters. The summed E-state index contributed by atoms with van der Waals surface area (Å²) >= 11 is 0. The Morgan fingerprint density at radius 1 is 1.12 bits per heavy atom. The van der Waals surface area contributed by atoms with Crippen LogP contribution in [0, 0.1) is 12.7 Å². The summed E-state index contributed by atoms with van der Waals surface area (Å²) in [6.07, 6.45) is 0. The first kappa shape index (κ1) is 17.3. The maximum Gasteiger partial charge on any atom is 0.258 e. The van der Waals surface area contributed by atoms with Crippen LogP contribution in [-0.2, 0) is 0 Å². The smallest absolute Gasteiger partial charge is 0.258 e. The fourth-order valence-electron chi connectivity index (χ4n) is 2.19. The lowest BCUT2D eigenvalue weighted by Gasteiger charge is -2.15. The van der Waals surface area contributed by atoms with Gasteiger partial charge in [0.2, 0.25) is 5.91 Å². The van der Waals surface area contributed by atoms with E-state index >= 15 is 0 Å². The van der Waals surface area contributed by atoms with Crippen LogP contribution in [0.5, 0.6) is 11.5 Å². The number of nitrogens with one attached hydrogen (secondary N) is 1. The van der Waals surface area contributed by atoms with E-state index in [-0.39, 0.29) is 28.3 Å². The summed E-state index contributed by atoms with van der Waals surface area (Å²) in [6.45, 7) is 1.72. The topological polar surface area (TPSA) is 90.6 Å². The van der Waals surface area contributed by atoms with Crippen LogP contribution in [0.4, 0.5) is 10.1 Å². The monoisotopic (exact) mass is 332 g/mol. The highest BCUT2D eigenvalue weighted by Gasteiger charge is 2.19. The number of methoxy groups -OCH3 is 2. The first-order valence-electron chi connectivity index (χ1n) is 7.00. The number of aryl methyl sites for hydroxylation is 1. The summed E-state index contributed by atoms with van der Waals surface area (Å²) in [5, 5.41) is 2.52. The van der Waals surface area contributed by atoms with Crippen molar-refractivity contribution in [3.8, 4) is 11.5 Å². The average Bonchev–Trinajstić information content (AvgIpc) is 2.53. The van der Waals surface area contributed by atoms with Gasteiger partial charge >= 0.3 is 0 Å². The van der Waals surface area contributed by atoms with Crippen molar-refractivity contribution in [3.05, 3.63) is 52.8 Å². The quantitative estimate of drug-likeness (QED) is 0.880. The second kappa shape index (κ2) is 6.99. The van der Waals surface area contributed by atoms with Gasteiger partial charge in [-0.3, -0.25) is 9.59 Å². The van der Waals surface area contributed by atoms with Gasteiger partial charge in [-0.15, -0.1) is 0 Å². The Kier molecular flexibility index (Phi) is 5.03. The summed E-state index contributed by atoms with van der Waals surface area (Å²) in [6, 6.07) is 6.99. The van der Waals surface area contributed by atoms with Crippen LogP contribution in [0.15, 0.2) is 30.3 Å². The third-order valence-electron chi connectivity index (χ3n) is 3.38. The minimum atomic E-state index is -0.701. The number of amides is 2. The Hall–Kier alpha value is -3.09. The maximum atomic E-state index is 13.9. The summed E-state index contributed by atoms with van der Waals surface area (Å²) in [5.41, 5.74) is 6.10. The lowest BCUT2D eigenvalue weighted by Crippen LogP contribution is -2.17. The molecule has 2 rings (SSSR count). The Bertz CT molecular complexity index is 805. The first-order valence-corrected chi connectivity index (χ1v) is 7.00. The third kappa shape index (κ3) is 3.45.